The van der Waals surface area contributed by atoms with Crippen molar-refractivity contribution >= 4 is 35.0 Å². The molecule has 0 radical (unpaired) electrons. The van der Waals surface area contributed by atoms with Crippen molar-refractivity contribution in [3.63, 3.8) is 0 Å². The molecule has 2 aliphatic rings. The van der Waals surface area contributed by atoms with Gasteiger partial charge in [-0.25, -0.2) is 0 Å². The van der Waals surface area contributed by atoms with Gasteiger partial charge in [-0.2, -0.15) is 0 Å². The number of nitrogens with zero attached hydrogens (tertiary/aromatic N) is 3. The summed E-state index contributed by atoms with van der Waals surface area (Å²) >= 11 is 12.0. The van der Waals surface area contributed by atoms with Crippen LogP contribution in [0, 0.1) is 5.92 Å². The van der Waals surface area contributed by atoms with Crippen molar-refractivity contribution in [1.29, 1.82) is 0 Å². The molecule has 3 rings (SSSR count). The molecule has 0 aliphatic carbocycles. The monoisotopic (exact) mass is 413 g/mol. The molecule has 0 saturated carbocycles. The number of aliphatic hydroxyl groups is 1. The first kappa shape index (κ1) is 20.4. The van der Waals surface area contributed by atoms with Crippen LogP contribution < -0.4 is 0 Å². The number of piperazine rings is 1. The van der Waals surface area contributed by atoms with Gasteiger partial charge in [-0.05, 0) is 31.0 Å². The minimum atomic E-state index is -0.158. The fourth-order valence-electron chi connectivity index (χ4n) is 3.77. The molecule has 1 aromatic rings. The third-order valence-electron chi connectivity index (χ3n) is 5.32. The first-order valence-electron chi connectivity index (χ1n) is 9.36. The van der Waals surface area contributed by atoms with Gasteiger partial charge in [0.05, 0.1) is 22.6 Å². The van der Waals surface area contributed by atoms with E-state index in [1.54, 1.807) is 23.1 Å². The summed E-state index contributed by atoms with van der Waals surface area (Å²) in [5, 5.41) is 9.80. The van der Waals surface area contributed by atoms with Gasteiger partial charge in [0, 0.05) is 51.4 Å². The van der Waals surface area contributed by atoms with E-state index in [4.69, 9.17) is 28.3 Å². The average molecular weight is 414 g/mol. The van der Waals surface area contributed by atoms with Crippen molar-refractivity contribution in [3.05, 3.63) is 33.8 Å². The zero-order valence-electron chi connectivity index (χ0n) is 15.2. The molecule has 1 unspecified atom stereocenters. The number of halogens is 2. The highest BCUT2D eigenvalue weighted by Crippen LogP contribution is 2.25. The van der Waals surface area contributed by atoms with E-state index < -0.39 is 0 Å². The van der Waals surface area contributed by atoms with Crippen molar-refractivity contribution in [1.82, 2.24) is 14.7 Å². The normalized spacial score (nSPS) is 21.4. The highest BCUT2D eigenvalue weighted by molar-refractivity contribution is 6.42. The van der Waals surface area contributed by atoms with Gasteiger partial charge >= 0.3 is 0 Å². The summed E-state index contributed by atoms with van der Waals surface area (Å²) in [4.78, 5) is 31.5. The Morgan fingerprint density at radius 1 is 1.04 bits per heavy atom. The van der Waals surface area contributed by atoms with Gasteiger partial charge in [0.1, 0.15) is 0 Å². The van der Waals surface area contributed by atoms with Gasteiger partial charge < -0.3 is 14.9 Å². The SMILES string of the molecule is O=C(c1ccc(Cl)c(Cl)c1)N1CCCC(C(=O)N2CCN(CCO)CC2)C1. The van der Waals surface area contributed by atoms with Crippen molar-refractivity contribution < 1.29 is 14.7 Å². The number of amides is 2. The third-order valence-corrected chi connectivity index (χ3v) is 6.06. The lowest BCUT2D eigenvalue weighted by Crippen LogP contribution is -2.53. The van der Waals surface area contributed by atoms with Gasteiger partial charge in [-0.3, -0.25) is 14.5 Å². The zero-order chi connectivity index (χ0) is 19.4. The Bertz CT molecular complexity index is 693. The van der Waals surface area contributed by atoms with Crippen LogP contribution in [-0.2, 0) is 4.79 Å². The largest absolute Gasteiger partial charge is 0.395 e. The minimum Gasteiger partial charge on any atom is -0.395 e. The summed E-state index contributed by atoms with van der Waals surface area (Å²) in [5.74, 6) is -0.140. The maximum absolute atomic E-state index is 12.9. The van der Waals surface area contributed by atoms with E-state index in [9.17, 15) is 9.59 Å². The molecule has 2 amide bonds. The van der Waals surface area contributed by atoms with E-state index in [1.807, 2.05) is 4.90 Å². The second-order valence-corrected chi connectivity index (χ2v) is 7.92. The number of carbonyl (C=O) groups is 2. The van der Waals surface area contributed by atoms with Crippen LogP contribution in [-0.4, -0.2) is 84.0 Å². The van der Waals surface area contributed by atoms with E-state index in [-0.39, 0.29) is 24.3 Å². The Kier molecular flexibility index (Phi) is 6.98. The first-order valence-corrected chi connectivity index (χ1v) is 10.1. The lowest BCUT2D eigenvalue weighted by molar-refractivity contribution is -0.138. The van der Waals surface area contributed by atoms with E-state index >= 15 is 0 Å². The Hall–Kier alpha value is -1.34. The van der Waals surface area contributed by atoms with Crippen LogP contribution in [0.15, 0.2) is 18.2 Å². The van der Waals surface area contributed by atoms with Crippen molar-refractivity contribution in [2.45, 2.75) is 12.8 Å². The number of piperidine rings is 1. The van der Waals surface area contributed by atoms with E-state index in [1.165, 1.54) is 0 Å². The maximum Gasteiger partial charge on any atom is 0.253 e. The Labute approximate surface area is 169 Å². The lowest BCUT2D eigenvalue weighted by Gasteiger charge is -2.39. The van der Waals surface area contributed by atoms with Gasteiger partial charge in [0.15, 0.2) is 0 Å². The van der Waals surface area contributed by atoms with Crippen LogP contribution in [0.5, 0.6) is 0 Å². The molecular weight excluding hydrogens is 389 g/mol. The van der Waals surface area contributed by atoms with Gasteiger partial charge in [0.2, 0.25) is 5.91 Å². The summed E-state index contributed by atoms with van der Waals surface area (Å²) in [6.45, 7) is 4.80. The summed E-state index contributed by atoms with van der Waals surface area (Å²) in [6.07, 6.45) is 1.62. The molecule has 1 aromatic carbocycles. The van der Waals surface area contributed by atoms with Crippen LogP contribution in [0.3, 0.4) is 0 Å². The molecule has 148 valence electrons. The summed E-state index contributed by atoms with van der Waals surface area (Å²) in [5.41, 5.74) is 0.495. The van der Waals surface area contributed by atoms with Crippen LogP contribution in [0.2, 0.25) is 10.0 Å². The van der Waals surface area contributed by atoms with E-state index in [0.29, 0.717) is 48.3 Å². The number of β-amino-alcohol motifs (C(OH)–C–C–N with tert-alkyl or cyclic N) is 1. The smallest absolute Gasteiger partial charge is 0.253 e. The molecular formula is C19H25Cl2N3O3. The Morgan fingerprint density at radius 2 is 1.78 bits per heavy atom. The highest BCUT2D eigenvalue weighted by atomic mass is 35.5. The number of rotatable bonds is 4. The topological polar surface area (TPSA) is 64.1 Å². The number of benzene rings is 1. The second-order valence-electron chi connectivity index (χ2n) is 7.11. The third kappa shape index (κ3) is 4.93. The Balaban J connectivity index is 1.59. The molecule has 0 bridgehead atoms. The first-order chi connectivity index (χ1) is 13.0. The van der Waals surface area contributed by atoms with Gasteiger partial charge in [-0.15, -0.1) is 0 Å². The standard InChI is InChI=1S/C19H25Cl2N3O3/c20-16-4-3-14(12-17(16)21)18(26)24-5-1-2-15(13-24)19(27)23-8-6-22(7-9-23)10-11-25/h3-4,12,15,25H,1-2,5-11,13H2. The highest BCUT2D eigenvalue weighted by Gasteiger charge is 2.32. The fraction of sp³-hybridized carbons (Fsp3) is 0.579. The molecule has 6 nitrogen and oxygen atoms in total. The zero-order valence-corrected chi connectivity index (χ0v) is 16.8. The maximum atomic E-state index is 12.9. The molecule has 2 saturated heterocycles. The predicted molar refractivity (Wildman–Crippen MR) is 105 cm³/mol. The molecule has 27 heavy (non-hydrogen) atoms. The van der Waals surface area contributed by atoms with E-state index in [2.05, 4.69) is 4.90 Å². The molecule has 0 aromatic heterocycles. The average Bonchev–Trinajstić information content (AvgIpc) is 2.70. The lowest BCUT2D eigenvalue weighted by atomic mass is 9.95. The summed E-state index contributed by atoms with van der Waals surface area (Å²) in [6, 6.07) is 4.87. The van der Waals surface area contributed by atoms with Crippen molar-refractivity contribution in [2.75, 3.05) is 52.4 Å². The molecule has 2 aliphatic heterocycles. The predicted octanol–water partition coefficient (Wildman–Crippen LogP) is 1.98. The summed E-state index contributed by atoms with van der Waals surface area (Å²) < 4.78 is 0. The quantitative estimate of drug-likeness (QED) is 0.819. The number of likely N-dealkylation sites (tertiary alicyclic amines) is 1. The van der Waals surface area contributed by atoms with Crippen LogP contribution in [0.25, 0.3) is 0 Å². The Morgan fingerprint density at radius 3 is 2.44 bits per heavy atom. The van der Waals surface area contributed by atoms with Crippen LogP contribution >= 0.6 is 23.2 Å². The number of aliphatic hydroxyl groups excluding tert-OH is 1. The van der Waals surface area contributed by atoms with Gasteiger partial charge in [0.25, 0.3) is 5.91 Å². The minimum absolute atomic E-state index is 0.112. The fourth-order valence-corrected chi connectivity index (χ4v) is 4.06. The molecule has 2 heterocycles. The van der Waals surface area contributed by atoms with Crippen LogP contribution in [0.1, 0.15) is 23.2 Å². The van der Waals surface area contributed by atoms with Crippen molar-refractivity contribution in [2.24, 2.45) is 5.92 Å². The number of carbonyl (C=O) groups excluding carboxylic acids is 2. The summed E-state index contributed by atoms with van der Waals surface area (Å²) in [7, 11) is 0. The van der Waals surface area contributed by atoms with Gasteiger partial charge in [-0.1, -0.05) is 23.2 Å². The van der Waals surface area contributed by atoms with Crippen molar-refractivity contribution in [3.8, 4) is 0 Å². The number of hydrogen-bond acceptors (Lipinski definition) is 4. The second kappa shape index (κ2) is 9.24. The van der Waals surface area contributed by atoms with E-state index in [0.717, 1.165) is 25.9 Å². The number of hydrogen-bond donors (Lipinski definition) is 1. The molecule has 2 fully saturated rings. The molecule has 0 spiro atoms. The molecule has 1 N–H and O–H groups in total. The molecule has 1 atom stereocenters. The molecule has 8 heteroatoms. The van der Waals surface area contributed by atoms with Crippen LogP contribution in [0.4, 0.5) is 0 Å².